The molecule has 4 aromatic carbocycles. The fraction of sp³-hybridized carbons (Fsp3) is 0.114. The Morgan fingerprint density at radius 3 is 2.50 bits per heavy atom. The van der Waals surface area contributed by atoms with Crippen molar-refractivity contribution in [2.75, 3.05) is 12.4 Å². The van der Waals surface area contributed by atoms with Gasteiger partial charge < -0.3 is 14.8 Å². The van der Waals surface area contributed by atoms with Crippen LogP contribution in [0.4, 0.5) is 5.69 Å². The molecule has 0 radical (unpaired) electrons. The van der Waals surface area contributed by atoms with Crippen molar-refractivity contribution >= 4 is 63.8 Å². The molecule has 46 heavy (non-hydrogen) atoms. The molecule has 1 amide bonds. The number of thiazole rings is 1. The monoisotopic (exact) mass is 689 g/mol. The van der Waals surface area contributed by atoms with Crippen LogP contribution in [0.2, 0.25) is 15.1 Å². The molecule has 5 aromatic rings. The van der Waals surface area contributed by atoms with E-state index < -0.39 is 6.04 Å². The predicted octanol–water partition coefficient (Wildman–Crippen LogP) is 7.42. The molecular weight excluding hydrogens is 665 g/mol. The number of rotatable bonds is 8. The molecule has 0 fully saturated rings. The lowest BCUT2D eigenvalue weighted by atomic mass is 9.95. The number of aromatic nitrogens is 1. The second kappa shape index (κ2) is 13.6. The Balaban J connectivity index is 1.45. The van der Waals surface area contributed by atoms with Crippen LogP contribution in [0.15, 0.2) is 112 Å². The minimum Gasteiger partial charge on any atom is -0.497 e. The van der Waals surface area contributed by atoms with Crippen LogP contribution in [-0.2, 0) is 11.4 Å². The molecule has 0 bridgehead atoms. The number of halogens is 3. The molecule has 11 heteroatoms. The standard InChI is InChI=1S/C35H26Cl3N3O4S/c1-20-31(33(42)40-26-8-4-3-5-9-26)32(21-7-6-10-27(16-21)44-2)41-34(43)30(46-35(41)39-20)17-23-15-24(36)13-14-29(23)45-19-22-11-12-25(37)18-28(22)38/h3-18,32H,19H2,1-2H3,(H,40,42)/b30-17-/t32-/m1/s1. The van der Waals surface area contributed by atoms with Crippen molar-refractivity contribution in [3.05, 3.63) is 154 Å². The molecule has 0 saturated heterocycles. The first-order valence-corrected chi connectivity index (χ1v) is 16.1. The summed E-state index contributed by atoms with van der Waals surface area (Å²) >= 11 is 20.0. The van der Waals surface area contributed by atoms with E-state index in [0.29, 0.717) is 64.0 Å². The maximum Gasteiger partial charge on any atom is 0.271 e. The van der Waals surface area contributed by atoms with Gasteiger partial charge in [-0.05, 0) is 73.2 Å². The number of carbonyl (C=O) groups excluding carboxylic acids is 1. The number of nitrogens with zero attached hydrogens (tertiary/aromatic N) is 2. The van der Waals surface area contributed by atoms with Gasteiger partial charge in [0.05, 0.1) is 29.0 Å². The van der Waals surface area contributed by atoms with Crippen molar-refractivity contribution in [3.8, 4) is 11.5 Å². The summed E-state index contributed by atoms with van der Waals surface area (Å²) in [6.07, 6.45) is 1.72. The van der Waals surface area contributed by atoms with E-state index in [2.05, 4.69) is 5.32 Å². The van der Waals surface area contributed by atoms with E-state index in [9.17, 15) is 9.59 Å². The van der Waals surface area contributed by atoms with E-state index >= 15 is 0 Å². The molecule has 0 aliphatic carbocycles. The van der Waals surface area contributed by atoms with Gasteiger partial charge in [-0.15, -0.1) is 0 Å². The number of methoxy groups -OCH3 is 1. The summed E-state index contributed by atoms with van der Waals surface area (Å²) in [5.41, 5.74) is 3.21. The molecule has 6 rings (SSSR count). The number of fused-ring (bicyclic) bond motifs is 1. The predicted molar refractivity (Wildman–Crippen MR) is 184 cm³/mol. The smallest absolute Gasteiger partial charge is 0.271 e. The Labute approximate surface area is 283 Å². The second-order valence-electron chi connectivity index (χ2n) is 10.4. The van der Waals surface area contributed by atoms with E-state index in [1.54, 1.807) is 73.2 Å². The van der Waals surface area contributed by atoms with Crippen molar-refractivity contribution in [2.45, 2.75) is 19.6 Å². The van der Waals surface area contributed by atoms with Crippen molar-refractivity contribution in [2.24, 2.45) is 4.99 Å². The number of hydrogen-bond acceptors (Lipinski definition) is 6. The van der Waals surface area contributed by atoms with Gasteiger partial charge in [0, 0.05) is 31.9 Å². The Morgan fingerprint density at radius 2 is 1.74 bits per heavy atom. The van der Waals surface area contributed by atoms with E-state index in [0.717, 1.165) is 5.56 Å². The van der Waals surface area contributed by atoms with Crippen molar-refractivity contribution in [3.63, 3.8) is 0 Å². The summed E-state index contributed by atoms with van der Waals surface area (Å²) in [7, 11) is 1.57. The zero-order valence-electron chi connectivity index (χ0n) is 24.6. The van der Waals surface area contributed by atoms with Gasteiger partial charge in [0.1, 0.15) is 18.1 Å². The minimum atomic E-state index is -0.764. The minimum absolute atomic E-state index is 0.175. The molecule has 0 spiro atoms. The number of amides is 1. The van der Waals surface area contributed by atoms with Crippen LogP contribution in [-0.4, -0.2) is 17.6 Å². The van der Waals surface area contributed by atoms with Crippen molar-refractivity contribution in [1.29, 1.82) is 0 Å². The Morgan fingerprint density at radius 1 is 0.978 bits per heavy atom. The first-order chi connectivity index (χ1) is 22.2. The molecule has 0 unspecified atom stereocenters. The fourth-order valence-electron chi connectivity index (χ4n) is 5.16. The van der Waals surface area contributed by atoms with Crippen molar-refractivity contribution < 1.29 is 14.3 Å². The van der Waals surface area contributed by atoms with E-state index in [-0.39, 0.29) is 18.1 Å². The molecule has 0 saturated carbocycles. The molecule has 7 nitrogen and oxygen atoms in total. The Hall–Kier alpha value is -4.34. The summed E-state index contributed by atoms with van der Waals surface area (Å²) in [4.78, 5) is 33.2. The summed E-state index contributed by atoms with van der Waals surface area (Å²) in [5.74, 6) is 0.740. The number of carbonyl (C=O) groups is 1. The Kier molecular flexibility index (Phi) is 9.33. The largest absolute Gasteiger partial charge is 0.497 e. The lowest BCUT2D eigenvalue weighted by Crippen LogP contribution is -2.40. The molecule has 1 aliphatic rings. The third kappa shape index (κ3) is 6.62. The average molecular weight is 691 g/mol. The topological polar surface area (TPSA) is 81.9 Å². The molecule has 2 heterocycles. The van der Waals surface area contributed by atoms with Gasteiger partial charge in [0.25, 0.3) is 11.5 Å². The van der Waals surface area contributed by atoms with Crippen LogP contribution in [0.25, 0.3) is 6.08 Å². The van der Waals surface area contributed by atoms with Gasteiger partial charge in [-0.1, -0.05) is 82.5 Å². The number of ether oxygens (including phenoxy) is 2. The number of para-hydroxylation sites is 1. The number of benzene rings is 4. The zero-order valence-corrected chi connectivity index (χ0v) is 27.7. The second-order valence-corrected chi connectivity index (χ2v) is 12.7. The van der Waals surface area contributed by atoms with Crippen LogP contribution in [0.5, 0.6) is 11.5 Å². The first kappa shape index (κ1) is 31.6. The van der Waals surface area contributed by atoms with Crippen LogP contribution in [0, 0.1) is 0 Å². The van der Waals surface area contributed by atoms with Crippen LogP contribution < -0.4 is 29.7 Å². The maximum absolute atomic E-state index is 14.2. The van der Waals surface area contributed by atoms with Crippen LogP contribution >= 0.6 is 46.1 Å². The summed E-state index contributed by atoms with van der Waals surface area (Å²) in [6.45, 7) is 1.95. The summed E-state index contributed by atoms with van der Waals surface area (Å²) in [5, 5.41) is 4.44. The Bertz CT molecular complexity index is 2180. The van der Waals surface area contributed by atoms with E-state index in [4.69, 9.17) is 49.3 Å². The normalized spacial score (nSPS) is 14.5. The van der Waals surface area contributed by atoms with E-state index in [1.807, 2.05) is 42.5 Å². The highest BCUT2D eigenvalue weighted by Gasteiger charge is 2.33. The lowest BCUT2D eigenvalue weighted by Gasteiger charge is -2.25. The quantitative estimate of drug-likeness (QED) is 0.184. The van der Waals surface area contributed by atoms with Crippen molar-refractivity contribution in [1.82, 2.24) is 4.57 Å². The number of anilines is 1. The molecule has 232 valence electrons. The van der Waals surface area contributed by atoms with Crippen LogP contribution in [0.1, 0.15) is 29.7 Å². The highest BCUT2D eigenvalue weighted by molar-refractivity contribution is 7.07. The number of nitrogens with one attached hydrogen (secondary N) is 1. The molecule has 1 aliphatic heterocycles. The molecule has 1 aromatic heterocycles. The van der Waals surface area contributed by atoms with Crippen LogP contribution in [0.3, 0.4) is 0 Å². The van der Waals surface area contributed by atoms with Gasteiger partial charge in [-0.3, -0.25) is 14.2 Å². The molecule has 1 atom stereocenters. The van der Waals surface area contributed by atoms with Gasteiger partial charge in [0.2, 0.25) is 0 Å². The lowest BCUT2D eigenvalue weighted by molar-refractivity contribution is -0.113. The molecule has 1 N–H and O–H groups in total. The van der Waals surface area contributed by atoms with Gasteiger partial charge in [0.15, 0.2) is 4.80 Å². The maximum atomic E-state index is 14.2. The summed E-state index contributed by atoms with van der Waals surface area (Å²) in [6, 6.07) is 26.1. The molecular formula is C35H26Cl3N3O4S. The SMILES string of the molecule is COc1cccc([C@@H]2C(C(=O)Nc3ccccc3)=C(C)N=c3s/c(=C\c4cc(Cl)ccc4OCc4ccc(Cl)cc4Cl)c(=O)n32)c1. The first-order valence-electron chi connectivity index (χ1n) is 14.1. The summed E-state index contributed by atoms with van der Waals surface area (Å²) < 4.78 is 13.6. The average Bonchev–Trinajstić information content (AvgIpc) is 3.34. The fourth-order valence-corrected chi connectivity index (χ4v) is 6.84. The third-order valence-corrected chi connectivity index (χ3v) is 9.17. The number of allylic oxidation sites excluding steroid dienone is 1. The van der Waals surface area contributed by atoms with Gasteiger partial charge in [-0.25, -0.2) is 4.99 Å². The highest BCUT2D eigenvalue weighted by Crippen LogP contribution is 2.33. The van der Waals surface area contributed by atoms with Gasteiger partial charge in [-0.2, -0.15) is 0 Å². The zero-order chi connectivity index (χ0) is 32.4. The van der Waals surface area contributed by atoms with Gasteiger partial charge >= 0.3 is 0 Å². The van der Waals surface area contributed by atoms with E-state index in [1.165, 1.54) is 11.3 Å². The highest BCUT2D eigenvalue weighted by atomic mass is 35.5. The number of hydrogen-bond donors (Lipinski definition) is 1. The third-order valence-electron chi connectivity index (χ3n) is 7.36.